The fourth-order valence-corrected chi connectivity index (χ4v) is 6.31. The number of amides is 4. The monoisotopic (exact) mass is 866 g/mol. The van der Waals surface area contributed by atoms with Gasteiger partial charge in [-0.3, -0.25) is 19.2 Å². The van der Waals surface area contributed by atoms with Gasteiger partial charge >= 0.3 is 0 Å². The Morgan fingerprint density at radius 2 is 1.08 bits per heavy atom. The Bertz CT molecular complexity index is 1710. The molecule has 4 N–H and O–H groups in total. The second-order valence-electron chi connectivity index (χ2n) is 11.5. The first-order valence-electron chi connectivity index (χ1n) is 14.9. The van der Waals surface area contributed by atoms with Crippen molar-refractivity contribution < 1.29 is 19.2 Å². The van der Waals surface area contributed by atoms with Crippen LogP contribution in [0.2, 0.25) is 20.1 Å². The highest BCUT2D eigenvalue weighted by atomic mass is 127. The Labute approximate surface area is 316 Å². The molecule has 0 spiro atoms. The summed E-state index contributed by atoms with van der Waals surface area (Å²) in [6, 6.07) is 9.06. The van der Waals surface area contributed by atoms with Crippen molar-refractivity contribution in [3.05, 3.63) is 90.4 Å². The van der Waals surface area contributed by atoms with E-state index < -0.39 is 23.6 Å². The zero-order valence-corrected chi connectivity index (χ0v) is 32.0. The number of pyridine rings is 2. The molecule has 2 aromatic heterocycles. The summed E-state index contributed by atoms with van der Waals surface area (Å²) in [5.74, 6) is -1.45. The summed E-state index contributed by atoms with van der Waals surface area (Å²) in [5.41, 5.74) is 0.671. The molecule has 1 unspecified atom stereocenters. The number of halogens is 6. The van der Waals surface area contributed by atoms with Crippen LogP contribution < -0.4 is 21.3 Å². The highest BCUT2D eigenvalue weighted by Crippen LogP contribution is 2.43. The van der Waals surface area contributed by atoms with Crippen LogP contribution in [0.3, 0.4) is 0 Å². The third-order valence-electron chi connectivity index (χ3n) is 8.02. The van der Waals surface area contributed by atoms with Crippen LogP contribution in [0.25, 0.3) is 0 Å². The van der Waals surface area contributed by atoms with Gasteiger partial charge in [0.15, 0.2) is 0 Å². The number of nitrogens with zero attached hydrogens (tertiary/aromatic N) is 2. The Morgan fingerprint density at radius 3 is 1.44 bits per heavy atom. The fourth-order valence-electron chi connectivity index (χ4n) is 4.50. The van der Waals surface area contributed by atoms with Gasteiger partial charge in [0, 0.05) is 46.1 Å². The minimum Gasteiger partial charge on any atom is -0.350 e. The van der Waals surface area contributed by atoms with Crippen molar-refractivity contribution in [2.24, 2.45) is 11.8 Å². The molecule has 1 fully saturated rings. The van der Waals surface area contributed by atoms with E-state index in [9.17, 15) is 19.2 Å². The Morgan fingerprint density at radius 1 is 0.729 bits per heavy atom. The van der Waals surface area contributed by atoms with Crippen molar-refractivity contribution in [1.82, 2.24) is 31.2 Å². The average Bonchev–Trinajstić information content (AvgIpc) is 3.67. The molecular formula is C32H32Cl5IN6O4. The summed E-state index contributed by atoms with van der Waals surface area (Å²) >= 11 is 34.6. The van der Waals surface area contributed by atoms with Gasteiger partial charge in [0.25, 0.3) is 23.6 Å². The van der Waals surface area contributed by atoms with Gasteiger partial charge in [-0.05, 0) is 49.4 Å². The van der Waals surface area contributed by atoms with E-state index in [0.29, 0.717) is 19.0 Å². The van der Waals surface area contributed by atoms with Gasteiger partial charge in [-0.1, -0.05) is 95.0 Å². The molecule has 3 aromatic rings. The second kappa shape index (κ2) is 16.5. The SMILES string of the molecule is CC[C@](C)(I)CNC(=O)c1cccc(C(=O)NCc2c(Cl)c(Cl)c(CNC(=O)c3cccc(C(=O)NCC4[C@@H](C)[C@H]4Cl)n3)c(Cl)c2Cl)n1. The Balaban J connectivity index is 1.38. The molecule has 1 aliphatic rings. The summed E-state index contributed by atoms with van der Waals surface area (Å²) < 4.78 is -0.114. The summed E-state index contributed by atoms with van der Waals surface area (Å²) in [6.07, 6.45) is 0.863. The molecule has 2 heterocycles. The highest BCUT2D eigenvalue weighted by Gasteiger charge is 2.45. The number of aromatic nitrogens is 2. The molecule has 16 heteroatoms. The minimum atomic E-state index is -0.589. The van der Waals surface area contributed by atoms with E-state index in [1.807, 2.05) is 20.8 Å². The maximum atomic E-state index is 12.9. The van der Waals surface area contributed by atoms with Crippen LogP contribution in [0.5, 0.6) is 0 Å². The molecule has 10 nitrogen and oxygen atoms in total. The van der Waals surface area contributed by atoms with E-state index in [1.165, 1.54) is 24.3 Å². The van der Waals surface area contributed by atoms with E-state index in [4.69, 9.17) is 58.0 Å². The van der Waals surface area contributed by atoms with E-state index in [2.05, 4.69) is 53.8 Å². The van der Waals surface area contributed by atoms with Gasteiger partial charge in [-0.2, -0.15) is 0 Å². The standard InChI is InChI=1S/C32H32Cl5IN6O4/c1-4-32(3,38)14-42-31(48)22-10-6-9-21(44-22)30(47)41-13-18-26(36)24(34)17(25(35)27(18)37)12-40-29(46)20-8-5-7-19(43-20)28(45)39-11-16-15(2)23(16)33/h5-10,15-16,23H,4,11-14H2,1-3H3,(H,39,45)(H,40,46)(H,41,47)(H,42,48)/t15-,16?,23-,32+/m1/s1. The van der Waals surface area contributed by atoms with E-state index in [0.717, 1.165) is 6.42 Å². The Kier molecular flexibility index (Phi) is 13.2. The maximum Gasteiger partial charge on any atom is 0.270 e. The number of hydrogen-bond acceptors (Lipinski definition) is 6. The smallest absolute Gasteiger partial charge is 0.270 e. The summed E-state index contributed by atoms with van der Waals surface area (Å²) in [5, 5.41) is 11.1. The molecule has 0 bridgehead atoms. The number of alkyl halides is 2. The van der Waals surface area contributed by atoms with Gasteiger partial charge < -0.3 is 21.3 Å². The maximum absolute atomic E-state index is 12.9. The van der Waals surface area contributed by atoms with Crippen molar-refractivity contribution in [3.8, 4) is 0 Å². The molecule has 48 heavy (non-hydrogen) atoms. The van der Waals surface area contributed by atoms with Crippen molar-refractivity contribution in [1.29, 1.82) is 0 Å². The average molecular weight is 869 g/mol. The van der Waals surface area contributed by atoms with Crippen LogP contribution in [0.1, 0.15) is 80.3 Å². The normalized spacial score (nSPS) is 18.0. The number of rotatable bonds is 13. The van der Waals surface area contributed by atoms with Gasteiger partial charge in [-0.15, -0.1) is 11.6 Å². The third kappa shape index (κ3) is 9.42. The predicted molar refractivity (Wildman–Crippen MR) is 197 cm³/mol. The molecule has 0 saturated heterocycles. The minimum absolute atomic E-state index is 0.000954. The molecule has 4 atom stereocenters. The van der Waals surface area contributed by atoms with E-state index in [1.54, 1.807) is 12.1 Å². The lowest BCUT2D eigenvalue weighted by atomic mass is 10.1. The van der Waals surface area contributed by atoms with Gasteiger partial charge in [0.1, 0.15) is 22.8 Å². The van der Waals surface area contributed by atoms with Crippen molar-refractivity contribution >= 4 is 104 Å². The number of hydrogen-bond donors (Lipinski definition) is 4. The molecule has 1 aliphatic carbocycles. The first-order chi connectivity index (χ1) is 22.6. The van der Waals surface area contributed by atoms with Crippen molar-refractivity contribution in [3.63, 3.8) is 0 Å². The summed E-state index contributed by atoms with van der Waals surface area (Å²) in [7, 11) is 0. The van der Waals surface area contributed by atoms with E-state index in [-0.39, 0.29) is 81.8 Å². The van der Waals surface area contributed by atoms with Gasteiger partial charge in [0.2, 0.25) is 0 Å². The van der Waals surface area contributed by atoms with Crippen LogP contribution in [-0.2, 0) is 13.1 Å². The van der Waals surface area contributed by atoms with Crippen LogP contribution in [0, 0.1) is 11.8 Å². The summed E-state index contributed by atoms with van der Waals surface area (Å²) in [4.78, 5) is 59.4. The number of nitrogens with one attached hydrogen (secondary N) is 4. The van der Waals surface area contributed by atoms with Crippen molar-refractivity contribution in [2.45, 2.75) is 49.1 Å². The quantitative estimate of drug-likeness (QED) is 0.0839. The lowest BCUT2D eigenvalue weighted by Crippen LogP contribution is -2.36. The molecular weight excluding hydrogens is 837 g/mol. The molecule has 256 valence electrons. The number of benzene rings is 1. The largest absolute Gasteiger partial charge is 0.350 e. The van der Waals surface area contributed by atoms with E-state index >= 15 is 0 Å². The number of carbonyl (C=O) groups excluding carboxylic acids is 4. The molecule has 0 aliphatic heterocycles. The highest BCUT2D eigenvalue weighted by molar-refractivity contribution is 14.1. The van der Waals surface area contributed by atoms with Crippen LogP contribution in [0.15, 0.2) is 36.4 Å². The third-order valence-corrected chi connectivity index (χ3v) is 11.8. The Hall–Kier alpha value is -2.42. The zero-order chi connectivity index (χ0) is 35.3. The summed E-state index contributed by atoms with van der Waals surface area (Å²) in [6.45, 7) is 6.61. The lowest BCUT2D eigenvalue weighted by Gasteiger charge is -2.20. The van der Waals surface area contributed by atoms with Crippen LogP contribution in [-0.4, -0.2) is 55.5 Å². The second-order valence-corrected chi connectivity index (χ2v) is 16.1. The molecule has 1 saturated carbocycles. The zero-order valence-electron chi connectivity index (χ0n) is 26.0. The molecule has 0 radical (unpaired) electrons. The molecule has 1 aromatic carbocycles. The topological polar surface area (TPSA) is 142 Å². The predicted octanol–water partition coefficient (Wildman–Crippen LogP) is 6.89. The first kappa shape index (κ1) is 38.4. The van der Waals surface area contributed by atoms with Gasteiger partial charge in [-0.25, -0.2) is 9.97 Å². The van der Waals surface area contributed by atoms with Crippen LogP contribution >= 0.6 is 80.6 Å². The fraction of sp³-hybridized carbons (Fsp3) is 0.375. The van der Waals surface area contributed by atoms with Gasteiger partial charge in [0.05, 0.1) is 20.1 Å². The molecule has 4 amide bonds. The number of carbonyl (C=O) groups is 4. The van der Waals surface area contributed by atoms with Crippen LogP contribution in [0.4, 0.5) is 0 Å². The lowest BCUT2D eigenvalue weighted by molar-refractivity contribution is 0.0925. The van der Waals surface area contributed by atoms with Crippen molar-refractivity contribution in [2.75, 3.05) is 13.1 Å². The first-order valence-corrected chi connectivity index (χ1v) is 17.9. The molecule has 4 rings (SSSR count).